The van der Waals surface area contributed by atoms with E-state index in [-0.39, 0.29) is 12.0 Å². The van der Waals surface area contributed by atoms with Gasteiger partial charge in [-0.3, -0.25) is 4.79 Å². The van der Waals surface area contributed by atoms with Gasteiger partial charge in [0.15, 0.2) is 5.65 Å². The number of aryl methyl sites for hydroxylation is 1. The molecule has 1 atom stereocenters. The lowest BCUT2D eigenvalue weighted by Crippen LogP contribution is -2.55. The van der Waals surface area contributed by atoms with Gasteiger partial charge in [0.05, 0.1) is 5.52 Å². The molecule has 2 aromatic heterocycles. The first-order valence-electron chi connectivity index (χ1n) is 13.3. The molecule has 0 unspecified atom stereocenters. The van der Waals surface area contributed by atoms with Gasteiger partial charge in [0, 0.05) is 42.9 Å². The van der Waals surface area contributed by atoms with Gasteiger partial charge in [-0.25, -0.2) is 9.38 Å². The number of hydrogen-bond donors (Lipinski definition) is 0. The second-order valence-corrected chi connectivity index (χ2v) is 10.8. The van der Waals surface area contributed by atoms with Crippen molar-refractivity contribution in [2.24, 2.45) is 5.92 Å². The molecule has 3 heterocycles. The van der Waals surface area contributed by atoms with E-state index in [1.165, 1.54) is 50.5 Å². The van der Waals surface area contributed by atoms with Crippen LogP contribution in [0.5, 0.6) is 0 Å². The first-order chi connectivity index (χ1) is 16.6. The van der Waals surface area contributed by atoms with Crippen molar-refractivity contribution in [1.82, 2.24) is 24.5 Å². The number of carbonyl (C=O) groups is 1. The highest BCUT2D eigenvalue weighted by atomic mass is 16.2. The quantitative estimate of drug-likeness (QED) is 0.558. The standard InChI is InChI=1S/C27H36N6O/c1-18-12-13-23-22(16-18)25-30-29-24(20-8-4-3-5-9-20)33(25)27(28-23)31-14-15-32(19(2)17-31)26(34)21-10-6-7-11-21/h12-13,16,19-21H,3-11,14-15,17H2,1-2H3/t19-/m1/s1. The molecule has 3 aliphatic rings. The second kappa shape index (κ2) is 8.82. The average molecular weight is 461 g/mol. The molecule has 0 bridgehead atoms. The van der Waals surface area contributed by atoms with Gasteiger partial charge in [0.25, 0.3) is 0 Å². The maximum absolute atomic E-state index is 13.2. The zero-order chi connectivity index (χ0) is 23.2. The van der Waals surface area contributed by atoms with E-state index in [1.54, 1.807) is 0 Å². The molecule has 0 N–H and O–H groups in total. The highest BCUT2D eigenvalue weighted by molar-refractivity contribution is 5.93. The molecule has 1 amide bonds. The summed E-state index contributed by atoms with van der Waals surface area (Å²) in [4.78, 5) is 22.8. The Morgan fingerprint density at radius 1 is 0.971 bits per heavy atom. The molecule has 3 aromatic rings. The molecule has 7 heteroatoms. The van der Waals surface area contributed by atoms with Crippen molar-refractivity contribution in [3.05, 3.63) is 29.6 Å². The summed E-state index contributed by atoms with van der Waals surface area (Å²) < 4.78 is 2.25. The molecule has 7 nitrogen and oxygen atoms in total. The summed E-state index contributed by atoms with van der Waals surface area (Å²) in [7, 11) is 0. The van der Waals surface area contributed by atoms with E-state index in [4.69, 9.17) is 15.2 Å². The Morgan fingerprint density at radius 2 is 1.74 bits per heavy atom. The van der Waals surface area contributed by atoms with E-state index >= 15 is 0 Å². The molecule has 1 saturated heterocycles. The largest absolute Gasteiger partial charge is 0.338 e. The first-order valence-corrected chi connectivity index (χ1v) is 13.3. The lowest BCUT2D eigenvalue weighted by molar-refractivity contribution is -0.137. The highest BCUT2D eigenvalue weighted by Crippen LogP contribution is 2.35. The molecule has 1 aliphatic heterocycles. The molecule has 0 radical (unpaired) electrons. The Labute approximate surface area is 201 Å². The molecule has 180 valence electrons. The van der Waals surface area contributed by atoms with Crippen molar-refractivity contribution < 1.29 is 4.79 Å². The smallest absolute Gasteiger partial charge is 0.226 e. The number of rotatable bonds is 3. The molecule has 6 rings (SSSR count). The van der Waals surface area contributed by atoms with Crippen LogP contribution in [0.1, 0.15) is 82.0 Å². The van der Waals surface area contributed by atoms with Gasteiger partial charge >= 0.3 is 0 Å². The summed E-state index contributed by atoms with van der Waals surface area (Å²) in [6.07, 6.45) is 10.7. The third kappa shape index (κ3) is 3.73. The van der Waals surface area contributed by atoms with Crippen LogP contribution >= 0.6 is 0 Å². The zero-order valence-corrected chi connectivity index (χ0v) is 20.5. The van der Waals surface area contributed by atoms with Crippen LogP contribution in [0.2, 0.25) is 0 Å². The van der Waals surface area contributed by atoms with Gasteiger partial charge in [-0.15, -0.1) is 10.2 Å². The summed E-state index contributed by atoms with van der Waals surface area (Å²) in [6, 6.07) is 6.57. The van der Waals surface area contributed by atoms with Crippen LogP contribution in [0.15, 0.2) is 18.2 Å². The Kier molecular flexibility index (Phi) is 5.66. The van der Waals surface area contributed by atoms with Gasteiger partial charge in [0.1, 0.15) is 5.82 Å². The van der Waals surface area contributed by atoms with E-state index in [2.05, 4.69) is 46.2 Å². The Hall–Kier alpha value is -2.70. The van der Waals surface area contributed by atoms with Gasteiger partial charge in [-0.2, -0.15) is 0 Å². The number of amides is 1. The summed E-state index contributed by atoms with van der Waals surface area (Å²) in [5, 5.41) is 10.5. The second-order valence-electron chi connectivity index (χ2n) is 10.8. The minimum Gasteiger partial charge on any atom is -0.338 e. The molecule has 34 heavy (non-hydrogen) atoms. The fraction of sp³-hybridized carbons (Fsp3) is 0.630. The minimum absolute atomic E-state index is 0.169. The number of aromatic nitrogens is 4. The molecule has 2 aliphatic carbocycles. The number of fused-ring (bicyclic) bond motifs is 3. The van der Waals surface area contributed by atoms with Crippen LogP contribution < -0.4 is 4.90 Å². The Bertz CT molecular complexity index is 1210. The van der Waals surface area contributed by atoms with Gasteiger partial charge in [-0.1, -0.05) is 43.7 Å². The lowest BCUT2D eigenvalue weighted by atomic mass is 9.89. The maximum atomic E-state index is 13.2. The van der Waals surface area contributed by atoms with E-state index in [0.29, 0.717) is 11.8 Å². The van der Waals surface area contributed by atoms with Crippen LogP contribution in [0.25, 0.3) is 16.6 Å². The third-order valence-corrected chi connectivity index (χ3v) is 8.37. The predicted octanol–water partition coefficient (Wildman–Crippen LogP) is 4.86. The van der Waals surface area contributed by atoms with Crippen molar-refractivity contribution >= 4 is 28.4 Å². The fourth-order valence-corrected chi connectivity index (χ4v) is 6.46. The number of anilines is 1. The van der Waals surface area contributed by atoms with Crippen LogP contribution in [0.3, 0.4) is 0 Å². The van der Waals surface area contributed by atoms with E-state index in [0.717, 1.165) is 60.8 Å². The van der Waals surface area contributed by atoms with Crippen molar-refractivity contribution in [2.45, 2.75) is 83.6 Å². The molecule has 2 saturated carbocycles. The van der Waals surface area contributed by atoms with Crippen LogP contribution in [0.4, 0.5) is 5.95 Å². The maximum Gasteiger partial charge on any atom is 0.226 e. The number of nitrogens with zero attached hydrogens (tertiary/aromatic N) is 6. The number of hydrogen-bond acceptors (Lipinski definition) is 5. The van der Waals surface area contributed by atoms with E-state index in [1.807, 2.05) is 0 Å². The van der Waals surface area contributed by atoms with Crippen LogP contribution in [0, 0.1) is 12.8 Å². The normalized spacial score (nSPS) is 22.8. The molecular weight excluding hydrogens is 424 g/mol. The number of benzene rings is 1. The highest BCUT2D eigenvalue weighted by Gasteiger charge is 2.35. The molecule has 0 spiro atoms. The predicted molar refractivity (Wildman–Crippen MR) is 134 cm³/mol. The number of piperazine rings is 1. The summed E-state index contributed by atoms with van der Waals surface area (Å²) in [5.41, 5.74) is 3.09. The first kappa shape index (κ1) is 21.8. The topological polar surface area (TPSA) is 66.6 Å². The van der Waals surface area contributed by atoms with Crippen molar-refractivity contribution in [3.63, 3.8) is 0 Å². The zero-order valence-electron chi connectivity index (χ0n) is 20.5. The summed E-state index contributed by atoms with van der Waals surface area (Å²) in [5.74, 6) is 3.05. The average Bonchev–Trinajstić information content (AvgIpc) is 3.55. The SMILES string of the molecule is Cc1ccc2nc(N3CCN(C(=O)C4CCCC4)[C@H](C)C3)n3c(C4CCCCC4)nnc3c2c1. The van der Waals surface area contributed by atoms with Crippen molar-refractivity contribution in [1.29, 1.82) is 0 Å². The van der Waals surface area contributed by atoms with Gasteiger partial charge in [-0.05, 0) is 51.7 Å². The van der Waals surface area contributed by atoms with Gasteiger partial charge in [0.2, 0.25) is 11.9 Å². The molecular formula is C27H36N6O. The Balaban J connectivity index is 1.39. The van der Waals surface area contributed by atoms with E-state index < -0.39 is 0 Å². The minimum atomic E-state index is 0.169. The third-order valence-electron chi connectivity index (χ3n) is 8.37. The lowest BCUT2D eigenvalue weighted by Gasteiger charge is -2.41. The monoisotopic (exact) mass is 460 g/mol. The van der Waals surface area contributed by atoms with Crippen molar-refractivity contribution in [2.75, 3.05) is 24.5 Å². The summed E-state index contributed by atoms with van der Waals surface area (Å²) >= 11 is 0. The van der Waals surface area contributed by atoms with Crippen LogP contribution in [-0.4, -0.2) is 56.1 Å². The van der Waals surface area contributed by atoms with Crippen LogP contribution in [-0.2, 0) is 4.79 Å². The van der Waals surface area contributed by atoms with E-state index in [9.17, 15) is 4.79 Å². The van der Waals surface area contributed by atoms with Crippen molar-refractivity contribution in [3.8, 4) is 0 Å². The Morgan fingerprint density at radius 3 is 2.50 bits per heavy atom. The summed E-state index contributed by atoms with van der Waals surface area (Å²) in [6.45, 7) is 6.65. The molecule has 3 fully saturated rings. The van der Waals surface area contributed by atoms with Gasteiger partial charge < -0.3 is 9.80 Å². The molecule has 1 aromatic carbocycles. The fourth-order valence-electron chi connectivity index (χ4n) is 6.46. The number of carbonyl (C=O) groups excluding carboxylic acids is 1.